The third-order valence-corrected chi connectivity index (χ3v) is 6.00. The lowest BCUT2D eigenvalue weighted by molar-refractivity contribution is -0.115. The molecule has 8 heteroatoms. The molecule has 1 aliphatic rings. The SMILES string of the molecule is CN1CCN(c2ccc(Cl)cc2NC(=O)Cc2csc(-c3ccccn3)n2)CC1. The van der Waals surface area contributed by atoms with Crippen molar-refractivity contribution in [1.82, 2.24) is 14.9 Å². The predicted molar refractivity (Wildman–Crippen MR) is 119 cm³/mol. The minimum Gasteiger partial charge on any atom is -0.367 e. The Bertz CT molecular complexity index is 986. The van der Waals surface area contributed by atoms with Gasteiger partial charge in [0.1, 0.15) is 5.01 Å². The number of amides is 1. The third-order valence-electron chi connectivity index (χ3n) is 4.85. The molecule has 1 fully saturated rings. The highest BCUT2D eigenvalue weighted by atomic mass is 35.5. The van der Waals surface area contributed by atoms with Crippen molar-refractivity contribution in [3.63, 3.8) is 0 Å². The van der Waals surface area contributed by atoms with E-state index in [2.05, 4.69) is 32.1 Å². The van der Waals surface area contributed by atoms with E-state index in [1.165, 1.54) is 11.3 Å². The molecular weight excluding hydrogens is 406 g/mol. The number of piperazine rings is 1. The van der Waals surface area contributed by atoms with Crippen LogP contribution < -0.4 is 10.2 Å². The smallest absolute Gasteiger partial charge is 0.230 e. The number of hydrogen-bond donors (Lipinski definition) is 1. The van der Waals surface area contributed by atoms with Crippen molar-refractivity contribution < 1.29 is 4.79 Å². The summed E-state index contributed by atoms with van der Waals surface area (Å²) in [7, 11) is 2.12. The van der Waals surface area contributed by atoms with E-state index in [1.807, 2.05) is 41.8 Å². The van der Waals surface area contributed by atoms with Gasteiger partial charge in [0.15, 0.2) is 0 Å². The molecule has 6 nitrogen and oxygen atoms in total. The normalized spacial score (nSPS) is 14.8. The number of likely N-dealkylation sites (N-methyl/N-ethyl adjacent to an activating group) is 1. The second kappa shape index (κ2) is 8.90. The summed E-state index contributed by atoms with van der Waals surface area (Å²) in [5, 5.41) is 6.35. The van der Waals surface area contributed by atoms with Crippen LogP contribution in [0.15, 0.2) is 48.0 Å². The van der Waals surface area contributed by atoms with Gasteiger partial charge in [-0.2, -0.15) is 0 Å². The number of nitrogens with zero attached hydrogens (tertiary/aromatic N) is 4. The van der Waals surface area contributed by atoms with Crippen molar-refractivity contribution in [2.45, 2.75) is 6.42 Å². The molecule has 3 heterocycles. The van der Waals surface area contributed by atoms with E-state index in [4.69, 9.17) is 11.6 Å². The largest absolute Gasteiger partial charge is 0.367 e. The molecule has 0 saturated carbocycles. The first-order valence-corrected chi connectivity index (χ1v) is 10.7. The van der Waals surface area contributed by atoms with E-state index < -0.39 is 0 Å². The Morgan fingerprint density at radius 1 is 1.21 bits per heavy atom. The number of hydrogen-bond acceptors (Lipinski definition) is 6. The van der Waals surface area contributed by atoms with Gasteiger partial charge in [0.2, 0.25) is 5.91 Å². The van der Waals surface area contributed by atoms with Crippen LogP contribution >= 0.6 is 22.9 Å². The number of rotatable bonds is 5. The summed E-state index contributed by atoms with van der Waals surface area (Å²) >= 11 is 7.69. The molecule has 3 aromatic rings. The first kappa shape index (κ1) is 19.8. The Balaban J connectivity index is 1.46. The number of carbonyl (C=O) groups excluding carboxylic acids is 1. The van der Waals surface area contributed by atoms with Gasteiger partial charge >= 0.3 is 0 Å². The summed E-state index contributed by atoms with van der Waals surface area (Å²) in [6, 6.07) is 11.4. The minimum atomic E-state index is -0.111. The monoisotopic (exact) mass is 427 g/mol. The van der Waals surface area contributed by atoms with Crippen LogP contribution in [0.4, 0.5) is 11.4 Å². The highest BCUT2D eigenvalue weighted by molar-refractivity contribution is 7.13. The molecule has 1 aliphatic heterocycles. The fourth-order valence-corrected chi connectivity index (χ4v) is 4.25. The van der Waals surface area contributed by atoms with Crippen LogP contribution in [0.1, 0.15) is 5.69 Å². The highest BCUT2D eigenvalue weighted by Crippen LogP contribution is 2.30. The summed E-state index contributed by atoms with van der Waals surface area (Å²) < 4.78 is 0. The van der Waals surface area contributed by atoms with Crippen LogP contribution in [0.3, 0.4) is 0 Å². The van der Waals surface area contributed by atoms with E-state index in [0.717, 1.165) is 53.9 Å². The van der Waals surface area contributed by atoms with Crippen LogP contribution in [0, 0.1) is 0 Å². The van der Waals surface area contributed by atoms with Crippen LogP contribution in [0.2, 0.25) is 5.02 Å². The molecular formula is C21H22ClN5OS. The van der Waals surface area contributed by atoms with Crippen LogP contribution in [0.25, 0.3) is 10.7 Å². The highest BCUT2D eigenvalue weighted by Gasteiger charge is 2.19. The van der Waals surface area contributed by atoms with Gasteiger partial charge < -0.3 is 15.1 Å². The van der Waals surface area contributed by atoms with Gasteiger partial charge in [0.25, 0.3) is 0 Å². The van der Waals surface area contributed by atoms with Crippen molar-refractivity contribution >= 4 is 40.2 Å². The van der Waals surface area contributed by atoms with Crippen molar-refractivity contribution in [3.8, 4) is 10.7 Å². The molecule has 1 N–H and O–H groups in total. The Hall–Kier alpha value is -2.48. The number of aromatic nitrogens is 2. The predicted octanol–water partition coefficient (Wildman–Crippen LogP) is 3.79. The summed E-state index contributed by atoms with van der Waals surface area (Å²) in [4.78, 5) is 26.1. The molecule has 0 aliphatic carbocycles. The average molecular weight is 428 g/mol. The van der Waals surface area contributed by atoms with Crippen LogP contribution in [0.5, 0.6) is 0 Å². The summed E-state index contributed by atoms with van der Waals surface area (Å²) in [6.07, 6.45) is 1.94. The maximum atomic E-state index is 12.7. The van der Waals surface area contributed by atoms with Gasteiger partial charge in [0.05, 0.1) is 29.2 Å². The van der Waals surface area contributed by atoms with Crippen molar-refractivity contribution in [3.05, 3.63) is 58.7 Å². The molecule has 2 aromatic heterocycles. The lowest BCUT2D eigenvalue weighted by Crippen LogP contribution is -2.44. The van der Waals surface area contributed by atoms with Gasteiger partial charge in [-0.1, -0.05) is 17.7 Å². The zero-order valence-electron chi connectivity index (χ0n) is 16.1. The van der Waals surface area contributed by atoms with E-state index in [-0.39, 0.29) is 12.3 Å². The molecule has 150 valence electrons. The fourth-order valence-electron chi connectivity index (χ4n) is 3.29. The number of carbonyl (C=O) groups is 1. The molecule has 0 unspecified atom stereocenters. The number of halogens is 1. The fraction of sp³-hybridized carbons (Fsp3) is 0.286. The Labute approximate surface area is 179 Å². The number of nitrogens with one attached hydrogen (secondary N) is 1. The minimum absolute atomic E-state index is 0.111. The zero-order chi connectivity index (χ0) is 20.2. The molecule has 1 aromatic carbocycles. The molecule has 0 radical (unpaired) electrons. The molecule has 0 spiro atoms. The lowest BCUT2D eigenvalue weighted by Gasteiger charge is -2.35. The topological polar surface area (TPSA) is 61.4 Å². The maximum Gasteiger partial charge on any atom is 0.230 e. The second-order valence-corrected chi connectivity index (χ2v) is 8.33. The van der Waals surface area contributed by atoms with E-state index in [0.29, 0.717) is 5.02 Å². The van der Waals surface area contributed by atoms with Gasteiger partial charge in [-0.25, -0.2) is 4.98 Å². The van der Waals surface area contributed by atoms with Crippen molar-refractivity contribution in [2.24, 2.45) is 0 Å². The van der Waals surface area contributed by atoms with E-state index >= 15 is 0 Å². The van der Waals surface area contributed by atoms with Crippen LogP contribution in [-0.2, 0) is 11.2 Å². The number of benzene rings is 1. The second-order valence-electron chi connectivity index (χ2n) is 7.04. The zero-order valence-corrected chi connectivity index (χ0v) is 17.7. The average Bonchev–Trinajstić information content (AvgIpc) is 3.18. The molecule has 0 bridgehead atoms. The summed E-state index contributed by atoms with van der Waals surface area (Å²) in [6.45, 7) is 3.82. The molecule has 1 saturated heterocycles. The van der Waals surface area contributed by atoms with E-state index in [1.54, 1.807) is 6.20 Å². The van der Waals surface area contributed by atoms with Gasteiger partial charge in [-0.3, -0.25) is 9.78 Å². The van der Waals surface area contributed by atoms with Gasteiger partial charge in [-0.05, 0) is 37.4 Å². The number of pyridine rings is 1. The number of anilines is 2. The lowest BCUT2D eigenvalue weighted by atomic mass is 10.2. The first-order chi connectivity index (χ1) is 14.1. The summed E-state index contributed by atoms with van der Waals surface area (Å²) in [5.41, 5.74) is 3.29. The third kappa shape index (κ3) is 4.93. The molecule has 0 atom stereocenters. The maximum absolute atomic E-state index is 12.7. The Morgan fingerprint density at radius 3 is 2.79 bits per heavy atom. The van der Waals surface area contributed by atoms with Crippen molar-refractivity contribution in [2.75, 3.05) is 43.4 Å². The standard InChI is InChI=1S/C21H22ClN5OS/c1-26-8-10-27(11-9-26)19-6-5-15(22)12-18(19)25-20(28)13-16-14-29-21(24-16)17-4-2-3-7-23-17/h2-7,12,14H,8-11,13H2,1H3,(H,25,28). The van der Waals surface area contributed by atoms with Crippen molar-refractivity contribution in [1.29, 1.82) is 0 Å². The summed E-state index contributed by atoms with van der Waals surface area (Å²) in [5.74, 6) is -0.111. The van der Waals surface area contributed by atoms with Gasteiger partial charge in [-0.15, -0.1) is 11.3 Å². The Morgan fingerprint density at radius 2 is 2.03 bits per heavy atom. The Kier molecular flexibility index (Phi) is 6.08. The molecule has 29 heavy (non-hydrogen) atoms. The number of thiazole rings is 1. The van der Waals surface area contributed by atoms with Crippen LogP contribution in [-0.4, -0.2) is 54.0 Å². The first-order valence-electron chi connectivity index (χ1n) is 9.47. The quantitative estimate of drug-likeness (QED) is 0.671. The molecule has 4 rings (SSSR count). The van der Waals surface area contributed by atoms with Gasteiger partial charge in [0, 0.05) is 42.8 Å². The van der Waals surface area contributed by atoms with E-state index in [9.17, 15) is 4.79 Å². The molecule has 1 amide bonds.